The Morgan fingerprint density at radius 3 is 2.21 bits per heavy atom. The molecule has 4 nitrogen and oxygen atoms in total. The lowest BCUT2D eigenvalue weighted by molar-refractivity contribution is 0.602. The molecule has 0 atom stereocenters. The summed E-state index contributed by atoms with van der Waals surface area (Å²) in [7, 11) is -3.26. The highest BCUT2D eigenvalue weighted by Crippen LogP contribution is 2.33. The Morgan fingerprint density at radius 2 is 1.59 bits per heavy atom. The first-order chi connectivity index (χ1) is 13.8. The monoisotopic (exact) mass is 486 g/mol. The minimum atomic E-state index is -3.26. The van der Waals surface area contributed by atoms with Gasteiger partial charge in [0.2, 0.25) is 0 Å². The van der Waals surface area contributed by atoms with E-state index < -0.39 is 9.84 Å². The van der Waals surface area contributed by atoms with E-state index in [-0.39, 0.29) is 4.90 Å². The quantitative estimate of drug-likeness (QED) is 0.353. The zero-order valence-electron chi connectivity index (χ0n) is 15.4. The van der Waals surface area contributed by atoms with E-state index in [0.717, 1.165) is 32.7 Å². The number of aromatic nitrogens is 2. The van der Waals surface area contributed by atoms with Gasteiger partial charge in [0.05, 0.1) is 22.0 Å². The van der Waals surface area contributed by atoms with Crippen LogP contribution in [0.15, 0.2) is 88.2 Å². The summed E-state index contributed by atoms with van der Waals surface area (Å²) in [5, 5.41) is 5.46. The molecule has 0 bridgehead atoms. The molecule has 0 fully saturated rings. The van der Waals surface area contributed by atoms with E-state index in [1.807, 2.05) is 59.3 Å². The molecule has 29 heavy (non-hydrogen) atoms. The van der Waals surface area contributed by atoms with E-state index in [1.165, 1.54) is 6.26 Å². The Labute approximate surface area is 182 Å². The van der Waals surface area contributed by atoms with Gasteiger partial charge in [-0.1, -0.05) is 57.9 Å². The second-order valence-corrected chi connectivity index (χ2v) is 9.89. The highest BCUT2D eigenvalue weighted by Gasteiger charge is 2.15. The standard InChI is InChI=1S/C22H16BrClN2O2S/c1-29(27,28)18-12-10-17(11-13-18)26-22(15-6-8-16(24)9-7-15)14-21(25-26)19-4-2-3-5-20(19)23/h2-14H,1H3. The topological polar surface area (TPSA) is 52.0 Å². The first-order valence-electron chi connectivity index (χ1n) is 8.74. The Hall–Kier alpha value is -2.41. The van der Waals surface area contributed by atoms with Crippen LogP contribution in [0.4, 0.5) is 0 Å². The molecule has 0 aliphatic heterocycles. The van der Waals surface area contributed by atoms with Gasteiger partial charge in [-0.2, -0.15) is 5.10 Å². The van der Waals surface area contributed by atoms with Crippen LogP contribution < -0.4 is 0 Å². The first-order valence-corrected chi connectivity index (χ1v) is 11.8. The number of sulfone groups is 1. The summed E-state index contributed by atoms with van der Waals surface area (Å²) in [6.07, 6.45) is 1.19. The van der Waals surface area contributed by atoms with E-state index in [9.17, 15) is 8.42 Å². The van der Waals surface area contributed by atoms with Crippen molar-refractivity contribution in [3.8, 4) is 28.2 Å². The van der Waals surface area contributed by atoms with Crippen molar-refractivity contribution in [3.63, 3.8) is 0 Å². The van der Waals surface area contributed by atoms with E-state index >= 15 is 0 Å². The molecule has 0 radical (unpaired) electrons. The molecule has 1 heterocycles. The first kappa shape index (κ1) is 19.9. The van der Waals surface area contributed by atoms with Gasteiger partial charge >= 0.3 is 0 Å². The molecular weight excluding hydrogens is 472 g/mol. The largest absolute Gasteiger partial charge is 0.232 e. The maximum Gasteiger partial charge on any atom is 0.175 e. The Bertz CT molecular complexity index is 1280. The van der Waals surface area contributed by atoms with Gasteiger partial charge in [-0.05, 0) is 48.5 Å². The number of hydrogen-bond acceptors (Lipinski definition) is 3. The second kappa shape index (κ2) is 7.78. The molecule has 7 heteroatoms. The molecule has 0 aliphatic carbocycles. The van der Waals surface area contributed by atoms with Crippen molar-refractivity contribution in [1.29, 1.82) is 0 Å². The van der Waals surface area contributed by atoms with E-state index in [0.29, 0.717) is 5.02 Å². The average molecular weight is 488 g/mol. The van der Waals surface area contributed by atoms with Crippen LogP contribution in [0.3, 0.4) is 0 Å². The fourth-order valence-corrected chi connectivity index (χ4v) is 4.28. The van der Waals surface area contributed by atoms with Crippen LogP contribution in [0, 0.1) is 0 Å². The van der Waals surface area contributed by atoms with Crippen molar-refractivity contribution in [3.05, 3.63) is 88.4 Å². The molecule has 0 unspecified atom stereocenters. The third kappa shape index (κ3) is 4.15. The molecule has 1 aromatic heterocycles. The minimum absolute atomic E-state index is 0.271. The Balaban J connectivity index is 1.89. The van der Waals surface area contributed by atoms with Crippen molar-refractivity contribution in [2.24, 2.45) is 0 Å². The fraction of sp³-hybridized carbons (Fsp3) is 0.0455. The average Bonchev–Trinajstić information content (AvgIpc) is 3.13. The second-order valence-electron chi connectivity index (χ2n) is 6.58. The summed E-state index contributed by atoms with van der Waals surface area (Å²) in [6, 6.07) is 24.1. The summed E-state index contributed by atoms with van der Waals surface area (Å²) >= 11 is 9.64. The Kier molecular flexibility index (Phi) is 5.34. The lowest BCUT2D eigenvalue weighted by Gasteiger charge is -2.08. The molecule has 0 spiro atoms. The number of nitrogens with zero attached hydrogens (tertiary/aromatic N) is 2. The number of rotatable bonds is 4. The highest BCUT2D eigenvalue weighted by atomic mass is 79.9. The smallest absolute Gasteiger partial charge is 0.175 e. The van der Waals surface area contributed by atoms with Crippen LogP contribution in [0.25, 0.3) is 28.2 Å². The van der Waals surface area contributed by atoms with Gasteiger partial charge in [0.1, 0.15) is 0 Å². The van der Waals surface area contributed by atoms with Crippen molar-refractivity contribution < 1.29 is 8.42 Å². The van der Waals surface area contributed by atoms with Gasteiger partial charge in [0.15, 0.2) is 9.84 Å². The predicted octanol–water partition coefficient (Wildman–Crippen LogP) is 6.03. The number of hydrogen-bond donors (Lipinski definition) is 0. The molecule has 0 aliphatic rings. The molecule has 0 N–H and O–H groups in total. The van der Waals surface area contributed by atoms with Gasteiger partial charge < -0.3 is 0 Å². The van der Waals surface area contributed by atoms with Crippen molar-refractivity contribution >= 4 is 37.4 Å². The molecule has 146 valence electrons. The lowest BCUT2D eigenvalue weighted by atomic mass is 10.1. The van der Waals surface area contributed by atoms with Crippen LogP contribution in [0.1, 0.15) is 0 Å². The fourth-order valence-electron chi connectivity index (χ4n) is 3.04. The van der Waals surface area contributed by atoms with Crippen molar-refractivity contribution in [1.82, 2.24) is 9.78 Å². The molecule has 0 amide bonds. The zero-order valence-corrected chi connectivity index (χ0v) is 18.5. The number of benzene rings is 3. The molecular formula is C22H16BrClN2O2S. The van der Waals surface area contributed by atoms with Crippen LogP contribution in [-0.4, -0.2) is 24.5 Å². The van der Waals surface area contributed by atoms with Crippen LogP contribution in [0.5, 0.6) is 0 Å². The maximum atomic E-state index is 11.8. The van der Waals surface area contributed by atoms with Gasteiger partial charge in [-0.25, -0.2) is 13.1 Å². The SMILES string of the molecule is CS(=O)(=O)c1ccc(-n2nc(-c3ccccc3Br)cc2-c2ccc(Cl)cc2)cc1. The highest BCUT2D eigenvalue weighted by molar-refractivity contribution is 9.10. The zero-order chi connectivity index (χ0) is 20.6. The molecule has 0 saturated heterocycles. The van der Waals surface area contributed by atoms with E-state index in [2.05, 4.69) is 15.9 Å². The van der Waals surface area contributed by atoms with Gasteiger partial charge in [0, 0.05) is 26.9 Å². The summed E-state index contributed by atoms with van der Waals surface area (Å²) in [6.45, 7) is 0. The van der Waals surface area contributed by atoms with Crippen molar-refractivity contribution in [2.45, 2.75) is 4.90 Å². The normalized spacial score (nSPS) is 11.6. The minimum Gasteiger partial charge on any atom is -0.232 e. The van der Waals surface area contributed by atoms with Gasteiger partial charge in [-0.3, -0.25) is 0 Å². The van der Waals surface area contributed by atoms with E-state index in [4.69, 9.17) is 16.7 Å². The summed E-state index contributed by atoms with van der Waals surface area (Å²) in [5.74, 6) is 0. The predicted molar refractivity (Wildman–Crippen MR) is 120 cm³/mol. The van der Waals surface area contributed by atoms with Gasteiger partial charge in [0.25, 0.3) is 0 Å². The molecule has 4 aromatic rings. The Morgan fingerprint density at radius 1 is 0.931 bits per heavy atom. The molecule has 4 rings (SSSR count). The summed E-state index contributed by atoms with van der Waals surface area (Å²) in [5.41, 5.74) is 4.36. The van der Waals surface area contributed by atoms with Gasteiger partial charge in [-0.15, -0.1) is 0 Å². The third-order valence-electron chi connectivity index (χ3n) is 4.51. The number of halogens is 2. The summed E-state index contributed by atoms with van der Waals surface area (Å²) in [4.78, 5) is 0.271. The third-order valence-corrected chi connectivity index (χ3v) is 6.58. The van der Waals surface area contributed by atoms with Crippen LogP contribution in [-0.2, 0) is 9.84 Å². The van der Waals surface area contributed by atoms with E-state index in [1.54, 1.807) is 24.3 Å². The molecule has 0 saturated carbocycles. The lowest BCUT2D eigenvalue weighted by Crippen LogP contribution is -2.01. The summed E-state index contributed by atoms with van der Waals surface area (Å²) < 4.78 is 26.3. The molecule has 3 aromatic carbocycles. The van der Waals surface area contributed by atoms with Crippen LogP contribution in [0.2, 0.25) is 5.02 Å². The van der Waals surface area contributed by atoms with Crippen molar-refractivity contribution in [2.75, 3.05) is 6.26 Å². The maximum absolute atomic E-state index is 11.8. The van der Waals surface area contributed by atoms with Crippen LogP contribution >= 0.6 is 27.5 Å².